The number of aryl methyl sites for hydroxylation is 1. The molecule has 0 unspecified atom stereocenters. The molecule has 2 nitrogen and oxygen atoms in total. The predicted molar refractivity (Wildman–Crippen MR) is 71.1 cm³/mol. The van der Waals surface area contributed by atoms with Crippen LogP contribution in [0.3, 0.4) is 0 Å². The number of nitrogens with one attached hydrogen (secondary N) is 1. The summed E-state index contributed by atoms with van der Waals surface area (Å²) in [6.07, 6.45) is 3.21. The second-order valence-corrected chi connectivity index (χ2v) is 5.32. The minimum atomic E-state index is 0.410. The summed E-state index contributed by atoms with van der Waals surface area (Å²) in [5.41, 5.74) is 0. The van der Waals surface area contributed by atoms with Gasteiger partial charge in [-0.05, 0) is 18.6 Å². The van der Waals surface area contributed by atoms with Crippen LogP contribution in [0.1, 0.15) is 22.7 Å². The summed E-state index contributed by atoms with van der Waals surface area (Å²) in [6.45, 7) is 10.6. The molecule has 0 aliphatic carbocycles. The molecule has 1 aromatic heterocycles. The molecule has 16 heavy (non-hydrogen) atoms. The molecule has 1 fully saturated rings. The Balaban J connectivity index is 2.11. The Bertz CT molecular complexity index is 339. The third-order valence-corrected chi connectivity index (χ3v) is 4.39. The zero-order chi connectivity index (χ0) is 11.4. The van der Waals surface area contributed by atoms with Crippen molar-refractivity contribution in [3.05, 3.63) is 34.5 Å². The van der Waals surface area contributed by atoms with Crippen LogP contribution in [0.4, 0.5) is 0 Å². The summed E-state index contributed by atoms with van der Waals surface area (Å²) < 4.78 is 0. The van der Waals surface area contributed by atoms with E-state index in [4.69, 9.17) is 0 Å². The van der Waals surface area contributed by atoms with E-state index < -0.39 is 0 Å². The molecule has 0 spiro atoms. The third kappa shape index (κ3) is 2.54. The van der Waals surface area contributed by atoms with E-state index in [0.717, 1.165) is 32.6 Å². The average molecular weight is 236 g/mol. The van der Waals surface area contributed by atoms with Crippen LogP contribution >= 0.6 is 11.3 Å². The summed E-state index contributed by atoms with van der Waals surface area (Å²) in [5.74, 6) is 0. The van der Waals surface area contributed by atoms with E-state index in [1.807, 2.05) is 11.3 Å². The third-order valence-electron chi connectivity index (χ3n) is 3.09. The molecule has 1 aromatic rings. The van der Waals surface area contributed by atoms with Gasteiger partial charge in [-0.15, -0.1) is 17.9 Å². The van der Waals surface area contributed by atoms with Gasteiger partial charge in [-0.1, -0.05) is 13.0 Å². The van der Waals surface area contributed by atoms with E-state index in [9.17, 15) is 0 Å². The SMILES string of the molecule is C=C[C@@H](c1ccc(CC)s1)N1CCNCC1. The molecule has 1 aliphatic rings. The highest BCUT2D eigenvalue weighted by atomic mass is 32.1. The van der Waals surface area contributed by atoms with E-state index in [-0.39, 0.29) is 0 Å². The van der Waals surface area contributed by atoms with Gasteiger partial charge in [0.05, 0.1) is 6.04 Å². The molecule has 0 bridgehead atoms. The maximum absolute atomic E-state index is 3.99. The van der Waals surface area contributed by atoms with Gasteiger partial charge in [0.25, 0.3) is 0 Å². The Hall–Kier alpha value is -0.640. The lowest BCUT2D eigenvalue weighted by atomic mass is 10.2. The monoisotopic (exact) mass is 236 g/mol. The Kier molecular flexibility index (Phi) is 4.16. The van der Waals surface area contributed by atoms with Crippen molar-refractivity contribution in [1.29, 1.82) is 0 Å². The van der Waals surface area contributed by atoms with Crippen molar-refractivity contribution in [2.24, 2.45) is 0 Å². The quantitative estimate of drug-likeness (QED) is 0.808. The van der Waals surface area contributed by atoms with Crippen LogP contribution < -0.4 is 5.32 Å². The summed E-state index contributed by atoms with van der Waals surface area (Å²) in [5, 5.41) is 3.39. The Morgan fingerprint density at radius 1 is 1.50 bits per heavy atom. The Labute approximate surface area is 102 Å². The van der Waals surface area contributed by atoms with Crippen LogP contribution in [-0.4, -0.2) is 31.1 Å². The molecular weight excluding hydrogens is 216 g/mol. The van der Waals surface area contributed by atoms with Gasteiger partial charge in [-0.25, -0.2) is 0 Å². The molecule has 0 saturated carbocycles. The van der Waals surface area contributed by atoms with Crippen LogP contribution in [0, 0.1) is 0 Å². The lowest BCUT2D eigenvalue weighted by Gasteiger charge is -2.32. The maximum Gasteiger partial charge on any atom is 0.0624 e. The van der Waals surface area contributed by atoms with Gasteiger partial charge in [0.2, 0.25) is 0 Å². The van der Waals surface area contributed by atoms with Crippen molar-refractivity contribution >= 4 is 11.3 Å². The number of hydrogen-bond acceptors (Lipinski definition) is 3. The highest BCUT2D eigenvalue weighted by Crippen LogP contribution is 2.29. The molecule has 0 aromatic carbocycles. The fraction of sp³-hybridized carbons (Fsp3) is 0.538. The van der Waals surface area contributed by atoms with E-state index in [2.05, 4.69) is 41.9 Å². The number of rotatable bonds is 4. The van der Waals surface area contributed by atoms with E-state index in [1.165, 1.54) is 9.75 Å². The molecule has 88 valence electrons. The van der Waals surface area contributed by atoms with Crippen molar-refractivity contribution in [3.63, 3.8) is 0 Å². The van der Waals surface area contributed by atoms with E-state index in [1.54, 1.807) is 0 Å². The molecule has 1 aliphatic heterocycles. The molecule has 0 radical (unpaired) electrons. The van der Waals surface area contributed by atoms with Crippen LogP contribution in [0.5, 0.6) is 0 Å². The van der Waals surface area contributed by atoms with Gasteiger partial charge in [0, 0.05) is 35.9 Å². The average Bonchev–Trinajstić information content (AvgIpc) is 2.80. The van der Waals surface area contributed by atoms with Crippen molar-refractivity contribution in [3.8, 4) is 0 Å². The van der Waals surface area contributed by atoms with Crippen molar-refractivity contribution in [2.75, 3.05) is 26.2 Å². The predicted octanol–water partition coefficient (Wildman–Crippen LogP) is 2.44. The second kappa shape index (κ2) is 5.62. The fourth-order valence-corrected chi connectivity index (χ4v) is 3.23. The zero-order valence-electron chi connectivity index (χ0n) is 9.91. The van der Waals surface area contributed by atoms with Gasteiger partial charge < -0.3 is 5.32 Å². The summed E-state index contributed by atoms with van der Waals surface area (Å²) in [4.78, 5) is 5.42. The Morgan fingerprint density at radius 3 is 2.81 bits per heavy atom. The number of piperazine rings is 1. The minimum absolute atomic E-state index is 0.410. The number of thiophene rings is 1. The molecule has 1 saturated heterocycles. The molecule has 1 atom stereocenters. The maximum atomic E-state index is 3.99. The van der Waals surface area contributed by atoms with Crippen molar-refractivity contribution < 1.29 is 0 Å². The summed E-state index contributed by atoms with van der Waals surface area (Å²) in [6, 6.07) is 4.92. The first-order chi connectivity index (χ1) is 7.85. The lowest BCUT2D eigenvalue weighted by molar-refractivity contribution is 0.206. The van der Waals surface area contributed by atoms with Gasteiger partial charge >= 0.3 is 0 Å². The van der Waals surface area contributed by atoms with Crippen molar-refractivity contribution in [2.45, 2.75) is 19.4 Å². The molecule has 1 N–H and O–H groups in total. The van der Waals surface area contributed by atoms with Crippen LogP contribution in [-0.2, 0) is 6.42 Å². The van der Waals surface area contributed by atoms with Gasteiger partial charge in [0.15, 0.2) is 0 Å². The smallest absolute Gasteiger partial charge is 0.0624 e. The molecule has 2 rings (SSSR count). The molecule has 0 amide bonds. The van der Waals surface area contributed by atoms with Crippen molar-refractivity contribution in [1.82, 2.24) is 10.2 Å². The Morgan fingerprint density at radius 2 is 2.25 bits per heavy atom. The molecular formula is C13H20N2S. The normalized spacial score (nSPS) is 19.6. The highest BCUT2D eigenvalue weighted by molar-refractivity contribution is 7.12. The summed E-state index contributed by atoms with van der Waals surface area (Å²) in [7, 11) is 0. The second-order valence-electron chi connectivity index (χ2n) is 4.12. The van der Waals surface area contributed by atoms with Crippen LogP contribution in [0.25, 0.3) is 0 Å². The van der Waals surface area contributed by atoms with Crippen LogP contribution in [0.15, 0.2) is 24.8 Å². The van der Waals surface area contributed by atoms with Gasteiger partial charge in [-0.3, -0.25) is 4.90 Å². The van der Waals surface area contributed by atoms with Gasteiger partial charge in [-0.2, -0.15) is 0 Å². The van der Waals surface area contributed by atoms with E-state index >= 15 is 0 Å². The van der Waals surface area contributed by atoms with E-state index in [0.29, 0.717) is 6.04 Å². The first kappa shape index (κ1) is 11.8. The summed E-state index contributed by atoms with van der Waals surface area (Å²) >= 11 is 1.93. The fourth-order valence-electron chi connectivity index (χ4n) is 2.15. The topological polar surface area (TPSA) is 15.3 Å². The first-order valence-electron chi connectivity index (χ1n) is 6.01. The molecule has 2 heterocycles. The molecule has 3 heteroatoms. The zero-order valence-corrected chi connectivity index (χ0v) is 10.7. The first-order valence-corrected chi connectivity index (χ1v) is 6.82. The lowest BCUT2D eigenvalue weighted by Crippen LogP contribution is -2.44. The minimum Gasteiger partial charge on any atom is -0.314 e. The van der Waals surface area contributed by atoms with Gasteiger partial charge in [0.1, 0.15) is 0 Å². The van der Waals surface area contributed by atoms with Crippen LogP contribution in [0.2, 0.25) is 0 Å². The standard InChI is InChI=1S/C13H20N2S/c1-3-11-5-6-13(16-11)12(4-2)15-9-7-14-8-10-15/h4-6,12,14H,2-3,7-10H2,1H3/t12-/m0/s1. The highest BCUT2D eigenvalue weighted by Gasteiger charge is 2.20. The number of hydrogen-bond donors (Lipinski definition) is 1. The largest absolute Gasteiger partial charge is 0.314 e. The number of nitrogens with zero attached hydrogens (tertiary/aromatic N) is 1.